The van der Waals surface area contributed by atoms with Crippen molar-refractivity contribution in [3.05, 3.63) is 71.8 Å². The second-order valence-electron chi connectivity index (χ2n) is 6.93. The number of carbonyl (C=O) groups excluding carboxylic acids is 1. The van der Waals surface area contributed by atoms with Crippen LogP contribution in [0.1, 0.15) is 41.6 Å². The number of aromatic nitrogens is 4. The molecule has 0 unspecified atom stereocenters. The van der Waals surface area contributed by atoms with E-state index in [-0.39, 0.29) is 11.9 Å². The van der Waals surface area contributed by atoms with E-state index >= 15 is 0 Å². The fourth-order valence-electron chi connectivity index (χ4n) is 3.05. The summed E-state index contributed by atoms with van der Waals surface area (Å²) in [5.74, 6) is -0.132. The summed E-state index contributed by atoms with van der Waals surface area (Å²) in [6, 6.07) is 13.7. The topological polar surface area (TPSA) is 63.9 Å². The third kappa shape index (κ3) is 3.53. The van der Waals surface area contributed by atoms with E-state index in [1.807, 2.05) is 44.2 Å². The molecular weight excluding hydrogens is 370 g/mol. The molecule has 1 amide bonds. The average molecular weight is 392 g/mol. The van der Waals surface area contributed by atoms with Gasteiger partial charge in [0.05, 0.1) is 22.5 Å². The lowest BCUT2D eigenvalue weighted by atomic mass is 10.2. The van der Waals surface area contributed by atoms with Crippen LogP contribution in [0.3, 0.4) is 0 Å². The van der Waals surface area contributed by atoms with Crippen molar-refractivity contribution in [1.82, 2.24) is 19.7 Å². The molecule has 0 spiro atoms. The monoisotopic (exact) mass is 391 g/mol. The molecular formula is C21H21N5OS. The van der Waals surface area contributed by atoms with E-state index in [1.54, 1.807) is 28.0 Å². The summed E-state index contributed by atoms with van der Waals surface area (Å²) in [6.45, 7) is 6.42. The van der Waals surface area contributed by atoms with Crippen LogP contribution in [0.2, 0.25) is 0 Å². The third-order valence-corrected chi connectivity index (χ3v) is 5.47. The van der Waals surface area contributed by atoms with Gasteiger partial charge in [-0.3, -0.25) is 19.4 Å². The lowest BCUT2D eigenvalue weighted by Crippen LogP contribution is -2.32. The number of pyridine rings is 1. The molecule has 3 heterocycles. The van der Waals surface area contributed by atoms with Gasteiger partial charge in [0.25, 0.3) is 5.91 Å². The number of amides is 1. The number of anilines is 1. The van der Waals surface area contributed by atoms with Crippen molar-refractivity contribution in [2.24, 2.45) is 0 Å². The van der Waals surface area contributed by atoms with Crippen LogP contribution in [0, 0.1) is 6.92 Å². The van der Waals surface area contributed by atoms with Crippen LogP contribution < -0.4 is 4.90 Å². The lowest BCUT2D eigenvalue weighted by Gasteiger charge is -2.21. The first-order valence-corrected chi connectivity index (χ1v) is 9.97. The fourth-order valence-corrected chi connectivity index (χ4v) is 4.11. The molecule has 0 aliphatic carbocycles. The zero-order chi connectivity index (χ0) is 19.7. The van der Waals surface area contributed by atoms with Gasteiger partial charge in [-0.2, -0.15) is 5.10 Å². The number of benzene rings is 1. The van der Waals surface area contributed by atoms with Gasteiger partial charge in [-0.1, -0.05) is 23.5 Å². The molecule has 4 rings (SSSR count). The highest BCUT2D eigenvalue weighted by molar-refractivity contribution is 7.22. The average Bonchev–Trinajstić information content (AvgIpc) is 3.33. The minimum atomic E-state index is -0.132. The molecule has 0 saturated carbocycles. The van der Waals surface area contributed by atoms with Gasteiger partial charge in [0.1, 0.15) is 5.69 Å². The first-order chi connectivity index (χ1) is 13.5. The Morgan fingerprint density at radius 1 is 1.18 bits per heavy atom. The van der Waals surface area contributed by atoms with Crippen molar-refractivity contribution in [1.29, 1.82) is 0 Å². The second kappa shape index (κ2) is 7.52. The first-order valence-electron chi connectivity index (χ1n) is 9.15. The number of hydrogen-bond acceptors (Lipinski definition) is 5. The van der Waals surface area contributed by atoms with Gasteiger partial charge in [0, 0.05) is 18.4 Å². The SMILES string of the molecule is Cc1ccc2nc(N(Cc3ccccn3)C(=O)c3ccnn3C(C)C)sc2c1. The van der Waals surface area contributed by atoms with E-state index in [4.69, 9.17) is 4.98 Å². The highest BCUT2D eigenvalue weighted by atomic mass is 32.1. The Labute approximate surface area is 167 Å². The van der Waals surface area contributed by atoms with Gasteiger partial charge >= 0.3 is 0 Å². The number of aryl methyl sites for hydroxylation is 1. The molecule has 1 aromatic carbocycles. The quantitative estimate of drug-likeness (QED) is 0.498. The molecule has 142 valence electrons. The molecule has 3 aromatic heterocycles. The minimum Gasteiger partial charge on any atom is -0.277 e. The first kappa shape index (κ1) is 18.3. The number of nitrogens with zero attached hydrogens (tertiary/aromatic N) is 5. The molecule has 6 nitrogen and oxygen atoms in total. The number of rotatable bonds is 5. The summed E-state index contributed by atoms with van der Waals surface area (Å²) in [7, 11) is 0. The van der Waals surface area contributed by atoms with Gasteiger partial charge < -0.3 is 0 Å². The molecule has 0 saturated heterocycles. The zero-order valence-corrected chi connectivity index (χ0v) is 16.8. The maximum absolute atomic E-state index is 13.5. The Kier molecular flexibility index (Phi) is 4.92. The van der Waals surface area contributed by atoms with Crippen LogP contribution in [0.4, 0.5) is 5.13 Å². The smallest absolute Gasteiger partial charge is 0.277 e. The van der Waals surface area contributed by atoms with Crippen molar-refractivity contribution in [2.45, 2.75) is 33.4 Å². The molecule has 0 atom stereocenters. The van der Waals surface area contributed by atoms with Crippen LogP contribution in [0.15, 0.2) is 54.9 Å². The molecule has 28 heavy (non-hydrogen) atoms. The third-order valence-electron chi connectivity index (χ3n) is 4.43. The van der Waals surface area contributed by atoms with E-state index in [2.05, 4.69) is 23.1 Å². The van der Waals surface area contributed by atoms with Crippen LogP contribution in [0.25, 0.3) is 10.2 Å². The van der Waals surface area contributed by atoms with Gasteiger partial charge in [-0.25, -0.2) is 4.98 Å². The lowest BCUT2D eigenvalue weighted by molar-refractivity contribution is 0.0972. The molecule has 0 aliphatic rings. The summed E-state index contributed by atoms with van der Waals surface area (Å²) >= 11 is 1.52. The Balaban J connectivity index is 1.78. The number of carbonyl (C=O) groups is 1. The molecule has 4 aromatic rings. The molecule has 0 fully saturated rings. The summed E-state index contributed by atoms with van der Waals surface area (Å²) in [5.41, 5.74) is 3.41. The van der Waals surface area contributed by atoms with Crippen LogP contribution >= 0.6 is 11.3 Å². The Morgan fingerprint density at radius 3 is 2.79 bits per heavy atom. The predicted octanol–water partition coefficient (Wildman–Crippen LogP) is 4.62. The highest BCUT2D eigenvalue weighted by Gasteiger charge is 2.25. The van der Waals surface area contributed by atoms with Gasteiger partial charge in [0.15, 0.2) is 5.13 Å². The number of thiazole rings is 1. The number of hydrogen-bond donors (Lipinski definition) is 0. The molecule has 7 heteroatoms. The fraction of sp³-hybridized carbons (Fsp3) is 0.238. The van der Waals surface area contributed by atoms with E-state index in [0.29, 0.717) is 17.4 Å². The summed E-state index contributed by atoms with van der Waals surface area (Å²) in [5, 5.41) is 4.97. The zero-order valence-electron chi connectivity index (χ0n) is 16.0. The molecule has 0 N–H and O–H groups in total. The summed E-state index contributed by atoms with van der Waals surface area (Å²) in [4.78, 5) is 24.3. The Bertz CT molecular complexity index is 1120. The van der Waals surface area contributed by atoms with Crippen LogP contribution in [-0.4, -0.2) is 25.7 Å². The summed E-state index contributed by atoms with van der Waals surface area (Å²) < 4.78 is 2.80. The molecule has 0 bridgehead atoms. The maximum Gasteiger partial charge on any atom is 0.278 e. The van der Waals surface area contributed by atoms with Crippen molar-refractivity contribution in [2.75, 3.05) is 4.90 Å². The van der Waals surface area contributed by atoms with E-state index in [1.165, 1.54) is 16.9 Å². The van der Waals surface area contributed by atoms with Crippen LogP contribution in [-0.2, 0) is 6.54 Å². The Hall–Kier alpha value is -3.06. The second-order valence-corrected chi connectivity index (χ2v) is 7.94. The normalized spacial score (nSPS) is 11.3. The van der Waals surface area contributed by atoms with Crippen molar-refractivity contribution in [3.8, 4) is 0 Å². The van der Waals surface area contributed by atoms with Crippen molar-refractivity contribution >= 4 is 32.6 Å². The Morgan fingerprint density at radius 2 is 2.04 bits per heavy atom. The van der Waals surface area contributed by atoms with Gasteiger partial charge in [-0.05, 0) is 56.7 Å². The van der Waals surface area contributed by atoms with Gasteiger partial charge in [0.2, 0.25) is 0 Å². The molecule has 0 aliphatic heterocycles. The van der Waals surface area contributed by atoms with E-state index in [9.17, 15) is 4.79 Å². The highest BCUT2D eigenvalue weighted by Crippen LogP contribution is 2.31. The largest absolute Gasteiger partial charge is 0.278 e. The summed E-state index contributed by atoms with van der Waals surface area (Å²) in [6.07, 6.45) is 3.39. The van der Waals surface area contributed by atoms with Crippen LogP contribution in [0.5, 0.6) is 0 Å². The van der Waals surface area contributed by atoms with Crippen molar-refractivity contribution < 1.29 is 4.79 Å². The number of fused-ring (bicyclic) bond motifs is 1. The van der Waals surface area contributed by atoms with Gasteiger partial charge in [-0.15, -0.1) is 0 Å². The van der Waals surface area contributed by atoms with Crippen molar-refractivity contribution in [3.63, 3.8) is 0 Å². The van der Waals surface area contributed by atoms with E-state index < -0.39 is 0 Å². The molecule has 0 radical (unpaired) electrons. The standard InChI is InChI=1S/C21H21N5OS/c1-14(2)26-18(9-11-23-26)20(27)25(13-16-6-4-5-10-22-16)21-24-17-8-7-15(3)12-19(17)28-21/h4-12,14H,13H2,1-3H3. The van der Waals surface area contributed by atoms with E-state index in [0.717, 1.165) is 15.9 Å². The maximum atomic E-state index is 13.5. The minimum absolute atomic E-state index is 0.0867. The predicted molar refractivity (Wildman–Crippen MR) is 112 cm³/mol.